The van der Waals surface area contributed by atoms with E-state index in [0.29, 0.717) is 18.9 Å². The summed E-state index contributed by atoms with van der Waals surface area (Å²) in [5.74, 6) is 0.500. The predicted molar refractivity (Wildman–Crippen MR) is 80.5 cm³/mol. The van der Waals surface area contributed by atoms with Crippen molar-refractivity contribution in [2.75, 3.05) is 0 Å². The van der Waals surface area contributed by atoms with Crippen LogP contribution in [0, 0.1) is 5.92 Å². The number of rotatable bonds is 4. The minimum absolute atomic E-state index is 0.125. The number of carbonyl (C=O) groups is 1. The zero-order chi connectivity index (χ0) is 13.9. The molecule has 0 aromatic carbocycles. The van der Waals surface area contributed by atoms with Gasteiger partial charge in [0.2, 0.25) is 5.91 Å². The first kappa shape index (κ1) is 14.0. The van der Waals surface area contributed by atoms with E-state index in [-0.39, 0.29) is 11.9 Å². The molecule has 3 N–H and O–H groups in total. The van der Waals surface area contributed by atoms with Crippen LogP contribution in [-0.2, 0) is 24.2 Å². The minimum atomic E-state index is 0.125. The molecule has 0 radical (unpaired) electrons. The van der Waals surface area contributed by atoms with Crippen LogP contribution in [-0.4, -0.2) is 16.9 Å². The molecule has 0 aliphatic heterocycles. The van der Waals surface area contributed by atoms with Crippen molar-refractivity contribution in [1.82, 2.24) is 10.3 Å². The maximum absolute atomic E-state index is 12.0. The van der Waals surface area contributed by atoms with Crippen molar-refractivity contribution in [1.29, 1.82) is 0 Å². The average Bonchev–Trinajstić information content (AvgIpc) is 3.03. The number of hydrogen-bond donors (Lipinski definition) is 2. The fraction of sp³-hybridized carbons (Fsp3) is 0.733. The summed E-state index contributed by atoms with van der Waals surface area (Å²) in [7, 11) is 0. The Balaban J connectivity index is 1.49. The first-order valence-corrected chi connectivity index (χ1v) is 8.54. The number of amides is 1. The summed E-state index contributed by atoms with van der Waals surface area (Å²) in [5.41, 5.74) is 7.28. The third-order valence-electron chi connectivity index (χ3n) is 4.49. The van der Waals surface area contributed by atoms with Crippen molar-refractivity contribution in [2.24, 2.45) is 11.7 Å². The minimum Gasteiger partial charge on any atom is -0.350 e. The van der Waals surface area contributed by atoms with Crippen LogP contribution < -0.4 is 11.1 Å². The number of thiazole rings is 1. The SMILES string of the molecule is N[C@@H]1CCC[C@H]1CC(=O)NCc1nc2c(s1)CCCC2. The molecule has 1 fully saturated rings. The molecule has 2 atom stereocenters. The summed E-state index contributed by atoms with van der Waals surface area (Å²) in [6, 6.07) is 0.216. The molecule has 2 aliphatic rings. The summed E-state index contributed by atoms with van der Waals surface area (Å²) in [4.78, 5) is 18.0. The van der Waals surface area contributed by atoms with Gasteiger partial charge in [-0.2, -0.15) is 0 Å². The van der Waals surface area contributed by atoms with Crippen LogP contribution in [0.2, 0.25) is 0 Å². The average molecular weight is 293 g/mol. The number of nitrogens with one attached hydrogen (secondary N) is 1. The molecule has 0 bridgehead atoms. The van der Waals surface area contributed by atoms with Gasteiger partial charge in [0.25, 0.3) is 0 Å². The zero-order valence-corrected chi connectivity index (χ0v) is 12.7. The lowest BCUT2D eigenvalue weighted by Crippen LogP contribution is -2.31. The summed E-state index contributed by atoms with van der Waals surface area (Å²) in [5, 5.41) is 4.07. The predicted octanol–water partition coefficient (Wildman–Crippen LogP) is 2.16. The van der Waals surface area contributed by atoms with E-state index in [1.54, 1.807) is 11.3 Å². The number of nitrogens with two attached hydrogens (primary N) is 1. The molecule has 110 valence electrons. The molecule has 0 spiro atoms. The molecule has 0 unspecified atom stereocenters. The Kier molecular flexibility index (Phi) is 4.36. The Morgan fingerprint density at radius 1 is 1.30 bits per heavy atom. The van der Waals surface area contributed by atoms with Gasteiger partial charge in [0, 0.05) is 17.3 Å². The maximum atomic E-state index is 12.0. The summed E-state index contributed by atoms with van der Waals surface area (Å²) >= 11 is 1.77. The highest BCUT2D eigenvalue weighted by atomic mass is 32.1. The number of aryl methyl sites for hydroxylation is 2. The van der Waals surface area contributed by atoms with E-state index in [2.05, 4.69) is 10.3 Å². The van der Waals surface area contributed by atoms with Gasteiger partial charge in [-0.15, -0.1) is 11.3 Å². The quantitative estimate of drug-likeness (QED) is 0.894. The Labute approximate surface area is 124 Å². The summed E-state index contributed by atoms with van der Waals surface area (Å²) < 4.78 is 0. The van der Waals surface area contributed by atoms with Crippen molar-refractivity contribution >= 4 is 17.2 Å². The second kappa shape index (κ2) is 6.22. The summed E-state index contributed by atoms with van der Waals surface area (Å²) in [6.07, 6.45) is 8.71. The molecule has 1 aromatic heterocycles. The molecular formula is C15H23N3OS. The highest BCUT2D eigenvalue weighted by Gasteiger charge is 2.26. The van der Waals surface area contributed by atoms with Crippen LogP contribution in [0.5, 0.6) is 0 Å². The third-order valence-corrected chi connectivity index (χ3v) is 5.65. The standard InChI is InChI=1S/C15H23N3OS/c16-11-5-3-4-10(11)8-14(19)17-9-15-18-12-6-1-2-7-13(12)20-15/h10-11H,1-9,16H2,(H,17,19)/t10-,11+/m0/s1. The smallest absolute Gasteiger partial charge is 0.220 e. The first-order chi connectivity index (χ1) is 9.72. The van der Waals surface area contributed by atoms with E-state index in [1.807, 2.05) is 0 Å². The van der Waals surface area contributed by atoms with E-state index in [9.17, 15) is 4.79 Å². The van der Waals surface area contributed by atoms with E-state index >= 15 is 0 Å². The van der Waals surface area contributed by atoms with Gasteiger partial charge < -0.3 is 11.1 Å². The number of carbonyl (C=O) groups excluding carboxylic acids is 1. The Morgan fingerprint density at radius 2 is 2.15 bits per heavy atom. The molecule has 20 heavy (non-hydrogen) atoms. The van der Waals surface area contributed by atoms with E-state index in [0.717, 1.165) is 37.1 Å². The van der Waals surface area contributed by atoms with Gasteiger partial charge in [-0.1, -0.05) is 6.42 Å². The van der Waals surface area contributed by atoms with Crippen LogP contribution in [0.3, 0.4) is 0 Å². The molecule has 0 saturated heterocycles. The van der Waals surface area contributed by atoms with Gasteiger partial charge in [-0.25, -0.2) is 4.98 Å². The van der Waals surface area contributed by atoms with Crippen LogP contribution in [0.1, 0.15) is 54.1 Å². The molecule has 1 amide bonds. The van der Waals surface area contributed by atoms with Gasteiger partial charge in [0.15, 0.2) is 0 Å². The molecule has 4 nitrogen and oxygen atoms in total. The van der Waals surface area contributed by atoms with Gasteiger partial charge in [0.05, 0.1) is 12.2 Å². The molecule has 3 rings (SSSR count). The van der Waals surface area contributed by atoms with E-state index in [4.69, 9.17) is 5.73 Å². The zero-order valence-electron chi connectivity index (χ0n) is 11.9. The third kappa shape index (κ3) is 3.20. The molecule has 2 aliphatic carbocycles. The number of aromatic nitrogens is 1. The monoisotopic (exact) mass is 293 g/mol. The van der Waals surface area contributed by atoms with Crippen LogP contribution >= 0.6 is 11.3 Å². The van der Waals surface area contributed by atoms with Gasteiger partial charge >= 0.3 is 0 Å². The lowest BCUT2D eigenvalue weighted by molar-refractivity contribution is -0.122. The molecule has 1 aromatic rings. The number of nitrogens with zero attached hydrogens (tertiary/aromatic N) is 1. The van der Waals surface area contributed by atoms with Crippen molar-refractivity contribution in [3.05, 3.63) is 15.6 Å². The number of hydrogen-bond acceptors (Lipinski definition) is 4. The highest BCUT2D eigenvalue weighted by Crippen LogP contribution is 2.28. The van der Waals surface area contributed by atoms with E-state index < -0.39 is 0 Å². The second-order valence-electron chi connectivity index (χ2n) is 6.02. The van der Waals surface area contributed by atoms with Gasteiger partial charge in [-0.3, -0.25) is 4.79 Å². The van der Waals surface area contributed by atoms with Crippen LogP contribution in [0.15, 0.2) is 0 Å². The first-order valence-electron chi connectivity index (χ1n) is 7.72. The topological polar surface area (TPSA) is 68.0 Å². The molecule has 5 heteroatoms. The van der Waals surface area contributed by atoms with Crippen LogP contribution in [0.4, 0.5) is 0 Å². The van der Waals surface area contributed by atoms with Crippen molar-refractivity contribution in [3.8, 4) is 0 Å². The van der Waals surface area contributed by atoms with Gasteiger partial charge in [0.1, 0.15) is 5.01 Å². The molecule has 1 heterocycles. The van der Waals surface area contributed by atoms with Gasteiger partial charge in [-0.05, 0) is 44.4 Å². The largest absolute Gasteiger partial charge is 0.350 e. The second-order valence-corrected chi connectivity index (χ2v) is 7.19. The fourth-order valence-electron chi connectivity index (χ4n) is 3.28. The fourth-order valence-corrected chi connectivity index (χ4v) is 4.38. The molecular weight excluding hydrogens is 270 g/mol. The Hall–Kier alpha value is -0.940. The summed E-state index contributed by atoms with van der Waals surface area (Å²) in [6.45, 7) is 0.582. The lowest BCUT2D eigenvalue weighted by atomic mass is 10.00. The highest BCUT2D eigenvalue weighted by molar-refractivity contribution is 7.11. The lowest BCUT2D eigenvalue weighted by Gasteiger charge is -2.14. The van der Waals surface area contributed by atoms with Crippen LogP contribution in [0.25, 0.3) is 0 Å². The van der Waals surface area contributed by atoms with Crippen molar-refractivity contribution in [2.45, 2.75) is 64.0 Å². The Bertz CT molecular complexity index is 462. The maximum Gasteiger partial charge on any atom is 0.220 e. The van der Waals surface area contributed by atoms with E-state index in [1.165, 1.54) is 23.4 Å². The Morgan fingerprint density at radius 3 is 2.90 bits per heavy atom. The van der Waals surface area contributed by atoms with Crippen molar-refractivity contribution in [3.63, 3.8) is 0 Å². The van der Waals surface area contributed by atoms with Crippen molar-refractivity contribution < 1.29 is 4.79 Å². The number of fused-ring (bicyclic) bond motifs is 1. The molecule has 1 saturated carbocycles. The normalized spacial score (nSPS) is 25.4.